The molecule has 0 radical (unpaired) electrons. The van der Waals surface area contributed by atoms with E-state index in [-0.39, 0.29) is 17.9 Å². The van der Waals surface area contributed by atoms with Gasteiger partial charge in [0, 0.05) is 32.0 Å². The lowest BCUT2D eigenvalue weighted by molar-refractivity contribution is -0.140. The number of ether oxygens (including phenoxy) is 2. The number of hydrogen-bond donors (Lipinski definition) is 2. The van der Waals surface area contributed by atoms with E-state index in [1.54, 1.807) is 19.1 Å². The van der Waals surface area contributed by atoms with Crippen LogP contribution in [-0.2, 0) is 19.1 Å². The molecular weight excluding hydrogens is 402 g/mol. The van der Waals surface area contributed by atoms with E-state index in [1.165, 1.54) is 0 Å². The summed E-state index contributed by atoms with van der Waals surface area (Å²) in [6.45, 7) is 8.36. The van der Waals surface area contributed by atoms with E-state index in [0.717, 1.165) is 5.56 Å². The van der Waals surface area contributed by atoms with Crippen LogP contribution in [0.4, 0.5) is 5.69 Å². The lowest BCUT2D eigenvalue weighted by Gasteiger charge is -2.35. The third-order valence-electron chi connectivity index (χ3n) is 4.69. The fourth-order valence-electron chi connectivity index (χ4n) is 3.13. The Bertz CT molecular complexity index is 845. The minimum atomic E-state index is -0.483. The van der Waals surface area contributed by atoms with Gasteiger partial charge in [0.2, 0.25) is 5.91 Å². The predicted molar refractivity (Wildman–Crippen MR) is 121 cm³/mol. The van der Waals surface area contributed by atoms with Crippen LogP contribution in [0.5, 0.6) is 0 Å². The van der Waals surface area contributed by atoms with Gasteiger partial charge in [0.15, 0.2) is 5.11 Å². The maximum atomic E-state index is 12.8. The lowest BCUT2D eigenvalue weighted by atomic mass is 9.92. The number of rotatable bonds is 7. The number of allylic oxidation sites excluding steroid dienone is 1. The van der Waals surface area contributed by atoms with E-state index >= 15 is 0 Å². The maximum absolute atomic E-state index is 12.8. The Kier molecular flexibility index (Phi) is 7.97. The molecule has 164 valence electrons. The molecule has 1 aromatic carbocycles. The molecule has 7 nitrogen and oxygen atoms in total. The first-order valence-electron chi connectivity index (χ1n) is 9.84. The van der Waals surface area contributed by atoms with E-state index in [2.05, 4.69) is 10.6 Å². The van der Waals surface area contributed by atoms with Gasteiger partial charge in [-0.1, -0.05) is 32.9 Å². The summed E-state index contributed by atoms with van der Waals surface area (Å²) in [7, 11) is 3.35. The number of methoxy groups -OCH3 is 1. The van der Waals surface area contributed by atoms with Gasteiger partial charge in [-0.25, -0.2) is 4.79 Å². The largest absolute Gasteiger partial charge is 0.460 e. The lowest BCUT2D eigenvalue weighted by Crippen LogP contribution is -2.46. The molecule has 0 saturated heterocycles. The SMILES string of the molecule is COCCOC(=O)C1=C(C)N(C)C(=S)N[C@H]1c1cccc(NC(=O)CC(C)(C)C)c1. The van der Waals surface area contributed by atoms with Crippen LogP contribution in [0.25, 0.3) is 0 Å². The van der Waals surface area contributed by atoms with Gasteiger partial charge in [-0.15, -0.1) is 0 Å². The molecular formula is C22H31N3O4S. The molecule has 2 rings (SSSR count). The average Bonchev–Trinajstić information content (AvgIpc) is 2.64. The van der Waals surface area contributed by atoms with Crippen molar-refractivity contribution >= 4 is 34.9 Å². The van der Waals surface area contributed by atoms with Crippen molar-refractivity contribution in [2.24, 2.45) is 5.41 Å². The smallest absolute Gasteiger partial charge is 0.338 e. The van der Waals surface area contributed by atoms with Gasteiger partial charge in [-0.2, -0.15) is 0 Å². The summed E-state index contributed by atoms with van der Waals surface area (Å²) in [6.07, 6.45) is 0.407. The third kappa shape index (κ3) is 6.27. The second-order valence-corrected chi connectivity index (χ2v) is 8.87. The highest BCUT2D eigenvalue weighted by molar-refractivity contribution is 7.80. The molecule has 2 N–H and O–H groups in total. The fraction of sp³-hybridized carbons (Fsp3) is 0.500. The Morgan fingerprint density at radius 2 is 1.97 bits per heavy atom. The summed E-state index contributed by atoms with van der Waals surface area (Å²) in [4.78, 5) is 26.9. The highest BCUT2D eigenvalue weighted by atomic mass is 32.1. The molecule has 8 heteroatoms. The van der Waals surface area contributed by atoms with Crippen molar-refractivity contribution in [2.45, 2.75) is 40.2 Å². The molecule has 1 aromatic rings. The normalized spacial score (nSPS) is 16.9. The molecule has 0 aliphatic carbocycles. The number of anilines is 1. The van der Waals surface area contributed by atoms with Gasteiger partial charge < -0.3 is 25.0 Å². The van der Waals surface area contributed by atoms with Crippen molar-refractivity contribution in [2.75, 3.05) is 32.7 Å². The van der Waals surface area contributed by atoms with Crippen LogP contribution in [0.1, 0.15) is 45.7 Å². The molecule has 0 fully saturated rings. The first kappa shape index (κ1) is 23.8. The first-order chi connectivity index (χ1) is 14.0. The summed E-state index contributed by atoms with van der Waals surface area (Å²) in [5, 5.41) is 6.65. The number of benzene rings is 1. The molecule has 30 heavy (non-hydrogen) atoms. The summed E-state index contributed by atoms with van der Waals surface area (Å²) in [5.74, 6) is -0.490. The van der Waals surface area contributed by atoms with Crippen molar-refractivity contribution in [1.29, 1.82) is 0 Å². The number of thiocarbonyl (C=S) groups is 1. The number of hydrogen-bond acceptors (Lipinski definition) is 5. The quantitative estimate of drug-likeness (QED) is 0.388. The topological polar surface area (TPSA) is 79.9 Å². The van der Waals surface area contributed by atoms with Gasteiger partial charge in [-0.05, 0) is 42.3 Å². The van der Waals surface area contributed by atoms with E-state index in [4.69, 9.17) is 21.7 Å². The predicted octanol–water partition coefficient (Wildman–Crippen LogP) is 3.39. The van der Waals surface area contributed by atoms with E-state index in [0.29, 0.717) is 35.1 Å². The van der Waals surface area contributed by atoms with Crippen LogP contribution < -0.4 is 10.6 Å². The van der Waals surface area contributed by atoms with E-state index in [1.807, 2.05) is 52.0 Å². The molecule has 0 bridgehead atoms. The van der Waals surface area contributed by atoms with Crippen LogP contribution in [-0.4, -0.2) is 49.3 Å². The van der Waals surface area contributed by atoms with Crippen molar-refractivity contribution in [3.05, 3.63) is 41.1 Å². The average molecular weight is 434 g/mol. The zero-order chi connectivity index (χ0) is 22.5. The Morgan fingerprint density at radius 1 is 1.27 bits per heavy atom. The molecule has 1 heterocycles. The Hall–Kier alpha value is -2.45. The fourth-order valence-corrected chi connectivity index (χ4v) is 3.38. The zero-order valence-electron chi connectivity index (χ0n) is 18.5. The van der Waals surface area contributed by atoms with E-state index < -0.39 is 12.0 Å². The molecule has 1 amide bonds. The number of nitrogens with one attached hydrogen (secondary N) is 2. The monoisotopic (exact) mass is 433 g/mol. The highest BCUT2D eigenvalue weighted by Gasteiger charge is 2.33. The molecule has 1 aliphatic heterocycles. The molecule has 0 saturated carbocycles. The van der Waals surface area contributed by atoms with Gasteiger partial charge >= 0.3 is 5.97 Å². The highest BCUT2D eigenvalue weighted by Crippen LogP contribution is 2.32. The zero-order valence-corrected chi connectivity index (χ0v) is 19.3. The van der Waals surface area contributed by atoms with Gasteiger partial charge in [0.1, 0.15) is 6.61 Å². The van der Waals surface area contributed by atoms with Gasteiger partial charge in [-0.3, -0.25) is 4.79 Å². The molecule has 0 aromatic heterocycles. The van der Waals surface area contributed by atoms with Crippen LogP contribution in [0.3, 0.4) is 0 Å². The van der Waals surface area contributed by atoms with Crippen molar-refractivity contribution in [1.82, 2.24) is 10.2 Å². The maximum Gasteiger partial charge on any atom is 0.338 e. The van der Waals surface area contributed by atoms with Crippen LogP contribution in [0, 0.1) is 5.41 Å². The standard InChI is InChI=1S/C22H31N3O4S/c1-14-18(20(27)29-11-10-28-6)19(24-21(30)25(14)5)15-8-7-9-16(12-15)23-17(26)13-22(2,3)4/h7-9,12,19H,10-11,13H2,1-6H3,(H,23,26)(H,24,30)/t19-/m0/s1. The second kappa shape index (κ2) is 10.0. The Balaban J connectivity index is 2.31. The summed E-state index contributed by atoms with van der Waals surface area (Å²) in [5.41, 5.74) is 2.55. The first-order valence-corrected chi connectivity index (χ1v) is 10.2. The van der Waals surface area contributed by atoms with Crippen molar-refractivity contribution < 1.29 is 19.1 Å². The second-order valence-electron chi connectivity index (χ2n) is 8.48. The number of nitrogens with zero attached hydrogens (tertiary/aromatic N) is 1. The number of carbonyl (C=O) groups is 2. The molecule has 0 unspecified atom stereocenters. The van der Waals surface area contributed by atoms with E-state index in [9.17, 15) is 9.59 Å². The van der Waals surface area contributed by atoms with Crippen molar-refractivity contribution in [3.8, 4) is 0 Å². The Morgan fingerprint density at radius 3 is 2.60 bits per heavy atom. The van der Waals surface area contributed by atoms with Crippen molar-refractivity contribution in [3.63, 3.8) is 0 Å². The summed E-state index contributed by atoms with van der Waals surface area (Å²) >= 11 is 5.43. The molecule has 0 spiro atoms. The minimum absolute atomic E-state index is 0.0579. The third-order valence-corrected chi connectivity index (χ3v) is 5.08. The van der Waals surface area contributed by atoms with Crippen LogP contribution in [0.2, 0.25) is 0 Å². The number of esters is 1. The summed E-state index contributed by atoms with van der Waals surface area (Å²) < 4.78 is 10.3. The molecule has 1 atom stereocenters. The van der Waals surface area contributed by atoms with Crippen LogP contribution >= 0.6 is 12.2 Å². The molecule has 1 aliphatic rings. The summed E-state index contributed by atoms with van der Waals surface area (Å²) in [6, 6.07) is 6.92. The van der Waals surface area contributed by atoms with Crippen LogP contribution in [0.15, 0.2) is 35.5 Å². The Labute approximate surface area is 183 Å². The number of amides is 1. The number of carbonyl (C=O) groups excluding carboxylic acids is 2. The van der Waals surface area contributed by atoms with Gasteiger partial charge in [0.05, 0.1) is 18.2 Å². The minimum Gasteiger partial charge on any atom is -0.460 e. The van der Waals surface area contributed by atoms with Gasteiger partial charge in [0.25, 0.3) is 0 Å².